The zero-order valence-corrected chi connectivity index (χ0v) is 14.3. The number of aromatic amines is 1. The quantitative estimate of drug-likeness (QED) is 0.798. The van der Waals surface area contributed by atoms with Crippen molar-refractivity contribution in [3.05, 3.63) is 52.2 Å². The van der Waals surface area contributed by atoms with Crippen LogP contribution in [-0.4, -0.2) is 33.0 Å². The Kier molecular flexibility index (Phi) is 3.66. The molecule has 0 amide bonds. The van der Waals surface area contributed by atoms with Crippen LogP contribution in [0.4, 0.5) is 0 Å². The molecular formula is C18H21ClN4. The molecule has 0 aliphatic carbocycles. The van der Waals surface area contributed by atoms with E-state index in [1.54, 1.807) is 0 Å². The lowest BCUT2D eigenvalue weighted by Gasteiger charge is -2.24. The van der Waals surface area contributed by atoms with E-state index in [1.165, 1.54) is 27.9 Å². The number of benzene rings is 1. The van der Waals surface area contributed by atoms with Crippen LogP contribution in [0.1, 0.15) is 22.8 Å². The highest BCUT2D eigenvalue weighted by Crippen LogP contribution is 2.32. The molecule has 0 spiro atoms. The molecule has 120 valence electrons. The molecule has 0 bridgehead atoms. The van der Waals surface area contributed by atoms with Gasteiger partial charge in [-0.05, 0) is 37.7 Å². The molecule has 5 heteroatoms. The van der Waals surface area contributed by atoms with Crippen LogP contribution in [0.5, 0.6) is 0 Å². The maximum absolute atomic E-state index is 6.25. The molecule has 4 rings (SSSR count). The summed E-state index contributed by atoms with van der Waals surface area (Å²) in [7, 11) is 2.18. The van der Waals surface area contributed by atoms with Gasteiger partial charge in [-0.2, -0.15) is 0 Å². The van der Waals surface area contributed by atoms with Gasteiger partial charge in [0.15, 0.2) is 0 Å². The number of hydrogen-bond acceptors (Lipinski definition) is 2. The van der Waals surface area contributed by atoms with Crippen LogP contribution in [-0.2, 0) is 25.9 Å². The van der Waals surface area contributed by atoms with E-state index in [0.717, 1.165) is 43.3 Å². The molecule has 3 aromatic rings. The van der Waals surface area contributed by atoms with Crippen LogP contribution in [0.15, 0.2) is 24.4 Å². The van der Waals surface area contributed by atoms with Crippen molar-refractivity contribution in [3.8, 4) is 0 Å². The molecule has 1 N–H and O–H groups in total. The third-order valence-electron chi connectivity index (χ3n) is 4.77. The van der Waals surface area contributed by atoms with Gasteiger partial charge in [-0.1, -0.05) is 11.6 Å². The number of halogens is 1. The van der Waals surface area contributed by atoms with E-state index >= 15 is 0 Å². The van der Waals surface area contributed by atoms with E-state index in [4.69, 9.17) is 11.6 Å². The summed E-state index contributed by atoms with van der Waals surface area (Å²) in [5.41, 5.74) is 5.40. The maximum atomic E-state index is 6.25. The molecule has 3 heterocycles. The Morgan fingerprint density at radius 3 is 3.00 bits per heavy atom. The van der Waals surface area contributed by atoms with Gasteiger partial charge in [-0.15, -0.1) is 0 Å². The number of nitrogens with zero attached hydrogens (tertiary/aromatic N) is 3. The van der Waals surface area contributed by atoms with Gasteiger partial charge in [0.1, 0.15) is 5.82 Å². The standard InChI is InChI=1S/C18H21ClN4/c1-12-20-10-14(21-12)5-8-23-17-4-3-13(19)9-15(17)16-11-22(2)7-6-18(16)23/h3-4,9-10H,5-8,11H2,1-2H3,(H,20,21). The summed E-state index contributed by atoms with van der Waals surface area (Å²) >= 11 is 6.25. The van der Waals surface area contributed by atoms with Gasteiger partial charge in [0.05, 0.1) is 0 Å². The number of imidazole rings is 1. The second-order valence-electron chi connectivity index (χ2n) is 6.47. The summed E-state index contributed by atoms with van der Waals surface area (Å²) in [5, 5.41) is 2.12. The number of rotatable bonds is 3. The monoisotopic (exact) mass is 328 g/mol. The summed E-state index contributed by atoms with van der Waals surface area (Å²) < 4.78 is 2.48. The molecule has 2 aromatic heterocycles. The molecule has 0 saturated heterocycles. The van der Waals surface area contributed by atoms with Crippen LogP contribution >= 0.6 is 11.6 Å². The van der Waals surface area contributed by atoms with Crippen LogP contribution in [0.2, 0.25) is 5.02 Å². The Labute approximate surface area is 141 Å². The Bertz CT molecular complexity index is 861. The number of aryl methyl sites for hydroxylation is 3. The number of aromatic nitrogens is 3. The van der Waals surface area contributed by atoms with Crippen molar-refractivity contribution >= 4 is 22.5 Å². The van der Waals surface area contributed by atoms with E-state index in [9.17, 15) is 0 Å². The number of fused-ring (bicyclic) bond motifs is 3. The Morgan fingerprint density at radius 1 is 1.35 bits per heavy atom. The molecule has 1 aliphatic heterocycles. The lowest BCUT2D eigenvalue weighted by molar-refractivity contribution is 0.309. The minimum absolute atomic E-state index is 0.815. The molecule has 4 nitrogen and oxygen atoms in total. The van der Waals surface area contributed by atoms with E-state index in [1.807, 2.05) is 19.2 Å². The molecule has 0 atom stereocenters. The summed E-state index contributed by atoms with van der Waals surface area (Å²) in [6, 6.07) is 6.27. The lowest BCUT2D eigenvalue weighted by Crippen LogP contribution is -2.27. The third-order valence-corrected chi connectivity index (χ3v) is 5.00. The lowest BCUT2D eigenvalue weighted by atomic mass is 10.1. The number of hydrogen-bond donors (Lipinski definition) is 1. The van der Waals surface area contributed by atoms with Crippen molar-refractivity contribution in [3.63, 3.8) is 0 Å². The Hall–Kier alpha value is -1.78. The van der Waals surface area contributed by atoms with Crippen molar-refractivity contribution in [2.75, 3.05) is 13.6 Å². The number of nitrogens with one attached hydrogen (secondary N) is 1. The van der Waals surface area contributed by atoms with E-state index in [0.29, 0.717) is 0 Å². The smallest absolute Gasteiger partial charge is 0.103 e. The topological polar surface area (TPSA) is 36.9 Å². The first-order valence-electron chi connectivity index (χ1n) is 8.10. The molecule has 0 unspecified atom stereocenters. The van der Waals surface area contributed by atoms with E-state index in [-0.39, 0.29) is 0 Å². The third kappa shape index (κ3) is 2.66. The second-order valence-corrected chi connectivity index (χ2v) is 6.91. The first-order valence-corrected chi connectivity index (χ1v) is 8.48. The fourth-order valence-corrected chi connectivity index (χ4v) is 3.82. The zero-order valence-electron chi connectivity index (χ0n) is 13.6. The summed E-state index contributed by atoms with van der Waals surface area (Å²) in [5.74, 6) is 0.979. The Balaban J connectivity index is 1.76. The average Bonchev–Trinajstić information content (AvgIpc) is 3.06. The molecule has 23 heavy (non-hydrogen) atoms. The first-order chi connectivity index (χ1) is 11.1. The first kappa shape index (κ1) is 14.8. The molecule has 0 radical (unpaired) electrons. The van der Waals surface area contributed by atoms with Crippen LogP contribution in [0.3, 0.4) is 0 Å². The molecule has 1 aliphatic rings. The van der Waals surface area contributed by atoms with Crippen molar-refractivity contribution in [2.45, 2.75) is 32.9 Å². The fourth-order valence-electron chi connectivity index (χ4n) is 3.64. The van der Waals surface area contributed by atoms with Gasteiger partial charge in [-0.3, -0.25) is 0 Å². The molecule has 1 aromatic carbocycles. The predicted molar refractivity (Wildman–Crippen MR) is 94.0 cm³/mol. The fraction of sp³-hybridized carbons (Fsp3) is 0.389. The van der Waals surface area contributed by atoms with Crippen LogP contribution in [0.25, 0.3) is 10.9 Å². The highest BCUT2D eigenvalue weighted by atomic mass is 35.5. The van der Waals surface area contributed by atoms with Gasteiger partial charge in [0.2, 0.25) is 0 Å². The molecular weight excluding hydrogens is 308 g/mol. The van der Waals surface area contributed by atoms with Gasteiger partial charge in [-0.25, -0.2) is 4.98 Å². The van der Waals surface area contributed by atoms with Gasteiger partial charge in [0.25, 0.3) is 0 Å². The van der Waals surface area contributed by atoms with Crippen LogP contribution in [0, 0.1) is 6.92 Å². The van der Waals surface area contributed by atoms with Crippen molar-refractivity contribution in [1.29, 1.82) is 0 Å². The average molecular weight is 329 g/mol. The number of likely N-dealkylation sites (N-methyl/N-ethyl adjacent to an activating group) is 1. The minimum Gasteiger partial charge on any atom is -0.346 e. The van der Waals surface area contributed by atoms with E-state index < -0.39 is 0 Å². The second kappa shape index (κ2) is 5.69. The highest BCUT2D eigenvalue weighted by molar-refractivity contribution is 6.31. The highest BCUT2D eigenvalue weighted by Gasteiger charge is 2.22. The van der Waals surface area contributed by atoms with Crippen molar-refractivity contribution in [2.24, 2.45) is 0 Å². The summed E-state index contributed by atoms with van der Waals surface area (Å²) in [4.78, 5) is 10.0. The van der Waals surface area contributed by atoms with Crippen LogP contribution < -0.4 is 0 Å². The Morgan fingerprint density at radius 2 is 2.22 bits per heavy atom. The normalized spacial score (nSPS) is 15.3. The van der Waals surface area contributed by atoms with Gasteiger partial charge in [0, 0.05) is 66.0 Å². The van der Waals surface area contributed by atoms with E-state index in [2.05, 4.69) is 38.6 Å². The maximum Gasteiger partial charge on any atom is 0.103 e. The summed E-state index contributed by atoms with van der Waals surface area (Å²) in [6.07, 6.45) is 4.01. The minimum atomic E-state index is 0.815. The SMILES string of the molecule is Cc1ncc(CCn2c3c(c4cc(Cl)ccc42)CN(C)CC3)[nH]1. The van der Waals surface area contributed by atoms with Crippen molar-refractivity contribution < 1.29 is 0 Å². The van der Waals surface area contributed by atoms with Gasteiger partial charge < -0.3 is 14.5 Å². The largest absolute Gasteiger partial charge is 0.346 e. The zero-order chi connectivity index (χ0) is 16.0. The van der Waals surface area contributed by atoms with Crippen molar-refractivity contribution in [1.82, 2.24) is 19.4 Å². The predicted octanol–water partition coefficient (Wildman–Crippen LogP) is 3.56. The number of H-pyrrole nitrogens is 1. The molecule has 0 saturated carbocycles. The molecule has 0 fully saturated rings. The summed E-state index contributed by atoms with van der Waals surface area (Å²) in [6.45, 7) is 5.08. The van der Waals surface area contributed by atoms with Gasteiger partial charge >= 0.3 is 0 Å².